The summed E-state index contributed by atoms with van der Waals surface area (Å²) in [7, 11) is 0. The van der Waals surface area contributed by atoms with Crippen molar-refractivity contribution in [3.05, 3.63) is 59.5 Å². The monoisotopic (exact) mass is 291 g/mol. The van der Waals surface area contributed by atoms with Gasteiger partial charge in [-0.3, -0.25) is 9.89 Å². The summed E-state index contributed by atoms with van der Waals surface area (Å²) in [6, 6.07) is 6.20. The van der Waals surface area contributed by atoms with Gasteiger partial charge < -0.3 is 5.32 Å². The number of nitrogens with zero attached hydrogens (tertiary/aromatic N) is 1. The maximum Gasteiger partial charge on any atom is 0.255 e. The van der Waals surface area contributed by atoms with Crippen LogP contribution in [0.2, 0.25) is 0 Å². The van der Waals surface area contributed by atoms with Crippen LogP contribution in [0.1, 0.15) is 10.4 Å². The minimum atomic E-state index is -1.58. The van der Waals surface area contributed by atoms with E-state index in [9.17, 15) is 18.0 Å². The number of hydrogen-bond acceptors (Lipinski definition) is 2. The second-order valence-corrected chi connectivity index (χ2v) is 4.38. The molecule has 0 saturated heterocycles. The average molecular weight is 291 g/mol. The van der Waals surface area contributed by atoms with Crippen molar-refractivity contribution in [2.45, 2.75) is 0 Å². The number of carbonyl (C=O) groups excluding carboxylic acids is 1. The second kappa shape index (κ2) is 4.93. The van der Waals surface area contributed by atoms with Crippen LogP contribution in [-0.4, -0.2) is 16.1 Å². The van der Waals surface area contributed by atoms with E-state index in [-0.39, 0.29) is 11.3 Å². The molecule has 0 saturated carbocycles. The van der Waals surface area contributed by atoms with Gasteiger partial charge >= 0.3 is 0 Å². The Labute approximate surface area is 116 Å². The summed E-state index contributed by atoms with van der Waals surface area (Å²) >= 11 is 0. The van der Waals surface area contributed by atoms with Crippen LogP contribution in [-0.2, 0) is 0 Å². The van der Waals surface area contributed by atoms with E-state index in [1.54, 1.807) is 24.4 Å². The minimum Gasteiger partial charge on any atom is -0.322 e. The third kappa shape index (κ3) is 2.45. The topological polar surface area (TPSA) is 57.8 Å². The molecule has 4 nitrogen and oxygen atoms in total. The molecule has 0 bridgehead atoms. The molecule has 0 radical (unpaired) electrons. The molecular formula is C14H8F3N3O. The predicted octanol–water partition coefficient (Wildman–Crippen LogP) is 3.23. The number of aromatic amines is 1. The van der Waals surface area contributed by atoms with Gasteiger partial charge in [0.1, 0.15) is 0 Å². The van der Waals surface area contributed by atoms with Crippen LogP contribution in [0.15, 0.2) is 36.5 Å². The quantitative estimate of drug-likeness (QED) is 0.712. The Balaban J connectivity index is 1.88. The number of halogens is 3. The number of amides is 1. The van der Waals surface area contributed by atoms with Crippen molar-refractivity contribution in [1.82, 2.24) is 10.2 Å². The molecule has 21 heavy (non-hydrogen) atoms. The van der Waals surface area contributed by atoms with E-state index in [0.29, 0.717) is 17.6 Å². The van der Waals surface area contributed by atoms with E-state index in [4.69, 9.17) is 0 Å². The highest BCUT2D eigenvalue weighted by Crippen LogP contribution is 2.19. The lowest BCUT2D eigenvalue weighted by atomic mass is 10.1. The Kier molecular flexibility index (Phi) is 3.09. The largest absolute Gasteiger partial charge is 0.322 e. The lowest BCUT2D eigenvalue weighted by molar-refractivity contribution is 0.102. The van der Waals surface area contributed by atoms with Gasteiger partial charge in [0.25, 0.3) is 5.91 Å². The van der Waals surface area contributed by atoms with Crippen molar-refractivity contribution in [3.8, 4) is 0 Å². The molecule has 0 aliphatic heterocycles. The zero-order chi connectivity index (χ0) is 15.0. The summed E-state index contributed by atoms with van der Waals surface area (Å²) in [5, 5.41) is 9.65. The van der Waals surface area contributed by atoms with Gasteiger partial charge in [0.05, 0.1) is 11.7 Å². The van der Waals surface area contributed by atoms with E-state index in [1.807, 2.05) is 0 Å². The Morgan fingerprint density at radius 2 is 1.81 bits per heavy atom. The molecule has 3 aromatic rings. The molecule has 106 valence electrons. The highest BCUT2D eigenvalue weighted by molar-refractivity contribution is 6.06. The summed E-state index contributed by atoms with van der Waals surface area (Å²) in [6.07, 6.45) is 1.60. The first-order valence-electron chi connectivity index (χ1n) is 5.93. The maximum atomic E-state index is 13.1. The van der Waals surface area contributed by atoms with Crippen molar-refractivity contribution in [3.63, 3.8) is 0 Å². The van der Waals surface area contributed by atoms with Crippen molar-refractivity contribution < 1.29 is 18.0 Å². The van der Waals surface area contributed by atoms with Gasteiger partial charge in [-0.2, -0.15) is 5.10 Å². The van der Waals surface area contributed by atoms with Crippen LogP contribution >= 0.6 is 0 Å². The summed E-state index contributed by atoms with van der Waals surface area (Å²) in [4.78, 5) is 12.0. The molecule has 1 heterocycles. The number of carbonyl (C=O) groups is 1. The smallest absolute Gasteiger partial charge is 0.255 e. The molecule has 7 heteroatoms. The van der Waals surface area contributed by atoms with E-state index in [2.05, 4.69) is 15.5 Å². The maximum absolute atomic E-state index is 13.1. The second-order valence-electron chi connectivity index (χ2n) is 4.38. The third-order valence-electron chi connectivity index (χ3n) is 2.95. The third-order valence-corrected chi connectivity index (χ3v) is 2.95. The minimum absolute atomic E-state index is 0.166. The first-order chi connectivity index (χ1) is 10.0. The fourth-order valence-corrected chi connectivity index (χ4v) is 1.91. The number of aromatic nitrogens is 2. The van der Waals surface area contributed by atoms with Crippen molar-refractivity contribution >= 4 is 22.5 Å². The highest BCUT2D eigenvalue weighted by atomic mass is 19.2. The molecule has 0 unspecified atom stereocenters. The van der Waals surface area contributed by atoms with Crippen LogP contribution in [0.3, 0.4) is 0 Å². The van der Waals surface area contributed by atoms with Crippen LogP contribution < -0.4 is 5.32 Å². The Hall–Kier alpha value is -2.83. The SMILES string of the molecule is O=C(Nc1cc(F)c(F)c(F)c1)c1ccc2cn[nH]c2c1. The first kappa shape index (κ1) is 13.2. The van der Waals surface area contributed by atoms with Crippen molar-refractivity contribution in [2.75, 3.05) is 5.32 Å². The Morgan fingerprint density at radius 3 is 2.52 bits per heavy atom. The van der Waals surface area contributed by atoms with Crippen LogP contribution in [0.5, 0.6) is 0 Å². The summed E-state index contributed by atoms with van der Waals surface area (Å²) < 4.78 is 39.0. The summed E-state index contributed by atoms with van der Waals surface area (Å²) in [5.41, 5.74) is 0.761. The lowest BCUT2D eigenvalue weighted by Gasteiger charge is -2.06. The van der Waals surface area contributed by atoms with E-state index >= 15 is 0 Å². The molecule has 0 aliphatic rings. The average Bonchev–Trinajstić information content (AvgIpc) is 2.91. The van der Waals surface area contributed by atoms with Gasteiger partial charge in [0, 0.05) is 28.8 Å². The molecule has 1 amide bonds. The Bertz CT molecular complexity index is 821. The van der Waals surface area contributed by atoms with Gasteiger partial charge in [0.15, 0.2) is 17.5 Å². The normalized spacial score (nSPS) is 10.8. The van der Waals surface area contributed by atoms with Gasteiger partial charge in [-0.05, 0) is 12.1 Å². The van der Waals surface area contributed by atoms with Crippen LogP contribution in [0.25, 0.3) is 10.9 Å². The van der Waals surface area contributed by atoms with Gasteiger partial charge in [0.2, 0.25) is 0 Å². The predicted molar refractivity (Wildman–Crippen MR) is 70.4 cm³/mol. The number of nitrogens with one attached hydrogen (secondary N) is 2. The molecule has 0 atom stereocenters. The zero-order valence-electron chi connectivity index (χ0n) is 10.5. The summed E-state index contributed by atoms with van der Waals surface area (Å²) in [6.45, 7) is 0. The number of H-pyrrole nitrogens is 1. The number of rotatable bonds is 2. The fraction of sp³-hybridized carbons (Fsp3) is 0. The molecule has 2 N–H and O–H groups in total. The number of hydrogen-bond donors (Lipinski definition) is 2. The van der Waals surface area contributed by atoms with Crippen LogP contribution in [0.4, 0.5) is 18.9 Å². The summed E-state index contributed by atoms with van der Waals surface area (Å²) in [5.74, 6) is -4.88. The number of fused-ring (bicyclic) bond motifs is 1. The first-order valence-corrected chi connectivity index (χ1v) is 5.93. The molecule has 0 fully saturated rings. The molecular weight excluding hydrogens is 283 g/mol. The molecule has 3 rings (SSSR count). The standard InChI is InChI=1S/C14H8F3N3O/c15-10-4-9(5-11(16)13(10)17)19-14(21)7-1-2-8-6-18-20-12(8)3-7/h1-6H,(H,18,20)(H,19,21). The number of benzene rings is 2. The van der Waals surface area contributed by atoms with E-state index in [1.165, 1.54) is 0 Å². The zero-order valence-corrected chi connectivity index (χ0v) is 10.5. The molecule has 1 aromatic heterocycles. The fourth-order valence-electron chi connectivity index (χ4n) is 1.91. The highest BCUT2D eigenvalue weighted by Gasteiger charge is 2.13. The molecule has 0 spiro atoms. The Morgan fingerprint density at radius 1 is 1.10 bits per heavy atom. The van der Waals surface area contributed by atoms with Crippen molar-refractivity contribution in [1.29, 1.82) is 0 Å². The molecule has 0 aliphatic carbocycles. The van der Waals surface area contributed by atoms with Crippen LogP contribution in [0, 0.1) is 17.5 Å². The van der Waals surface area contributed by atoms with Gasteiger partial charge in [-0.25, -0.2) is 13.2 Å². The van der Waals surface area contributed by atoms with E-state index < -0.39 is 23.4 Å². The van der Waals surface area contributed by atoms with Gasteiger partial charge in [-0.1, -0.05) is 6.07 Å². The lowest BCUT2D eigenvalue weighted by Crippen LogP contribution is -2.12. The molecule has 2 aromatic carbocycles. The van der Waals surface area contributed by atoms with Gasteiger partial charge in [-0.15, -0.1) is 0 Å². The van der Waals surface area contributed by atoms with Crippen molar-refractivity contribution in [2.24, 2.45) is 0 Å². The van der Waals surface area contributed by atoms with E-state index in [0.717, 1.165) is 5.39 Å². The number of anilines is 1.